The Morgan fingerprint density at radius 1 is 1.28 bits per heavy atom. The fourth-order valence-electron chi connectivity index (χ4n) is 1.44. The van der Waals surface area contributed by atoms with Crippen LogP contribution in [0.1, 0.15) is 20.8 Å². The molecule has 0 fully saturated rings. The van der Waals surface area contributed by atoms with Crippen molar-refractivity contribution in [2.75, 3.05) is 14.1 Å². The van der Waals surface area contributed by atoms with Crippen molar-refractivity contribution >= 4 is 24.5 Å². The van der Waals surface area contributed by atoms with Gasteiger partial charge in [0.15, 0.2) is 0 Å². The lowest BCUT2D eigenvalue weighted by molar-refractivity contribution is 0.403. The minimum Gasteiger partial charge on any atom is -0.268 e. The minimum absolute atomic E-state index is 0.0952. The normalized spacial score (nSPS) is 15.2. The van der Waals surface area contributed by atoms with E-state index in [0.29, 0.717) is 0 Å². The highest BCUT2D eigenvalue weighted by Crippen LogP contribution is 2.43. The fraction of sp³-hybridized carbons (Fsp3) is 0.727. The molecule has 1 aromatic rings. The van der Waals surface area contributed by atoms with Crippen LogP contribution in [0.5, 0.6) is 0 Å². The molecule has 0 amide bonds. The number of hydrogen-bond acceptors (Lipinski definition) is 4. The van der Waals surface area contributed by atoms with E-state index in [1.54, 1.807) is 30.5 Å². The molecular weight excluding hydrogens is 266 g/mol. The maximum atomic E-state index is 10.3. The highest BCUT2D eigenvalue weighted by atomic mass is 32.3. The summed E-state index contributed by atoms with van der Waals surface area (Å²) in [6, 6.07) is 0. The Balaban J connectivity index is 3.35. The van der Waals surface area contributed by atoms with E-state index in [1.165, 1.54) is 4.31 Å². The molecule has 0 spiro atoms. The molecule has 1 heterocycles. The van der Waals surface area contributed by atoms with Crippen molar-refractivity contribution in [2.45, 2.75) is 38.9 Å². The Morgan fingerprint density at radius 3 is 2.17 bits per heavy atom. The molecule has 1 rings (SSSR count). The van der Waals surface area contributed by atoms with E-state index in [1.807, 2.05) is 0 Å². The van der Waals surface area contributed by atoms with Gasteiger partial charge in [0, 0.05) is 26.5 Å². The van der Waals surface area contributed by atoms with Crippen LogP contribution in [0, 0.1) is 0 Å². The summed E-state index contributed by atoms with van der Waals surface area (Å²) in [5.74, 6) is 0. The topological polar surface area (TPSA) is 61.5 Å². The predicted molar refractivity (Wildman–Crippen MR) is 81.0 cm³/mol. The molecule has 0 unspecified atom stereocenters. The molecule has 7 heteroatoms. The first-order chi connectivity index (χ1) is 7.92. The molecule has 0 saturated heterocycles. The number of rotatable bonds is 3. The standard InChI is InChI=1S/C11H25N3O2SSi/c1-11(2,3)18(6,7)10-12-8-9-14(10)17(15,16)13(4)5/h8-9,15-16H,1-7H3. The molecule has 0 radical (unpaired) electrons. The molecular formula is C11H25N3O2SSi. The van der Waals surface area contributed by atoms with E-state index < -0.39 is 19.0 Å². The van der Waals surface area contributed by atoms with Gasteiger partial charge < -0.3 is 0 Å². The first kappa shape index (κ1) is 15.7. The lowest BCUT2D eigenvalue weighted by Gasteiger charge is -2.43. The molecule has 2 N–H and O–H groups in total. The van der Waals surface area contributed by atoms with E-state index in [0.717, 1.165) is 5.45 Å². The van der Waals surface area contributed by atoms with Gasteiger partial charge in [0.05, 0.1) is 0 Å². The van der Waals surface area contributed by atoms with E-state index in [9.17, 15) is 9.11 Å². The van der Waals surface area contributed by atoms with Gasteiger partial charge in [0.1, 0.15) is 13.5 Å². The van der Waals surface area contributed by atoms with Crippen molar-refractivity contribution in [3.63, 3.8) is 0 Å². The van der Waals surface area contributed by atoms with Gasteiger partial charge in [-0.15, -0.1) is 0 Å². The fourth-order valence-corrected chi connectivity index (χ4v) is 5.03. The number of imidazole rings is 1. The SMILES string of the molecule is CN(C)S(O)(O)n1ccnc1[Si](C)(C)C(C)(C)C. The van der Waals surface area contributed by atoms with Crippen LogP contribution < -0.4 is 5.45 Å². The predicted octanol–water partition coefficient (Wildman–Crippen LogP) is 2.59. The Morgan fingerprint density at radius 2 is 1.78 bits per heavy atom. The lowest BCUT2D eigenvalue weighted by Crippen LogP contribution is -2.55. The van der Waals surface area contributed by atoms with Crippen LogP contribution in [0.2, 0.25) is 18.1 Å². The van der Waals surface area contributed by atoms with E-state index in [-0.39, 0.29) is 5.04 Å². The molecule has 0 atom stereocenters. The van der Waals surface area contributed by atoms with E-state index in [4.69, 9.17) is 0 Å². The summed E-state index contributed by atoms with van der Waals surface area (Å²) in [5, 5.41) is 0.0952. The summed E-state index contributed by atoms with van der Waals surface area (Å²) >= 11 is 0. The van der Waals surface area contributed by atoms with Crippen LogP contribution in [-0.2, 0) is 0 Å². The number of nitrogens with zero attached hydrogens (tertiary/aromatic N) is 3. The lowest BCUT2D eigenvalue weighted by atomic mass is 10.2. The summed E-state index contributed by atoms with van der Waals surface area (Å²) in [6.45, 7) is 11.0. The average Bonchev–Trinajstić information content (AvgIpc) is 2.64. The van der Waals surface area contributed by atoms with Crippen LogP contribution in [0.4, 0.5) is 0 Å². The van der Waals surface area contributed by atoms with Crippen LogP contribution >= 0.6 is 11.0 Å². The van der Waals surface area contributed by atoms with Crippen LogP contribution in [-0.4, -0.2) is 44.5 Å². The molecule has 0 aliphatic heterocycles. The summed E-state index contributed by atoms with van der Waals surface area (Å²) in [6.07, 6.45) is 3.30. The zero-order chi connectivity index (χ0) is 14.4. The smallest absolute Gasteiger partial charge is 0.133 e. The molecule has 18 heavy (non-hydrogen) atoms. The van der Waals surface area contributed by atoms with Gasteiger partial charge in [-0.2, -0.15) is 4.31 Å². The Kier molecular flexibility index (Phi) is 4.05. The first-order valence-electron chi connectivity index (χ1n) is 5.92. The van der Waals surface area contributed by atoms with Crippen LogP contribution in [0.3, 0.4) is 0 Å². The van der Waals surface area contributed by atoms with Crippen molar-refractivity contribution in [2.24, 2.45) is 0 Å². The van der Waals surface area contributed by atoms with Crippen molar-refractivity contribution in [3.8, 4) is 0 Å². The molecule has 5 nitrogen and oxygen atoms in total. The van der Waals surface area contributed by atoms with Crippen molar-refractivity contribution in [1.82, 2.24) is 13.3 Å². The van der Waals surface area contributed by atoms with Gasteiger partial charge in [-0.25, -0.2) is 8.96 Å². The molecule has 106 valence electrons. The Labute approximate surface area is 112 Å². The third kappa shape index (κ3) is 2.50. The van der Waals surface area contributed by atoms with Gasteiger partial charge in [0.2, 0.25) is 0 Å². The van der Waals surface area contributed by atoms with Gasteiger partial charge in [-0.05, 0) is 16.0 Å². The summed E-state index contributed by atoms with van der Waals surface area (Å²) in [7, 11) is -1.57. The van der Waals surface area contributed by atoms with Crippen LogP contribution in [0.15, 0.2) is 12.4 Å². The maximum absolute atomic E-state index is 10.3. The maximum Gasteiger partial charge on any atom is 0.133 e. The number of hydrogen-bond donors (Lipinski definition) is 2. The van der Waals surface area contributed by atoms with Crippen molar-refractivity contribution in [3.05, 3.63) is 12.4 Å². The third-order valence-electron chi connectivity index (χ3n) is 3.80. The average molecular weight is 291 g/mol. The van der Waals surface area contributed by atoms with Gasteiger partial charge in [0.25, 0.3) is 0 Å². The highest BCUT2D eigenvalue weighted by molar-refractivity contribution is 8.21. The summed E-state index contributed by atoms with van der Waals surface area (Å²) < 4.78 is 23.5. The third-order valence-corrected chi connectivity index (χ3v) is 11.0. The molecule has 0 bridgehead atoms. The number of aromatic nitrogens is 2. The van der Waals surface area contributed by atoms with Crippen molar-refractivity contribution in [1.29, 1.82) is 0 Å². The van der Waals surface area contributed by atoms with Crippen LogP contribution in [0.25, 0.3) is 0 Å². The largest absolute Gasteiger partial charge is 0.268 e. The van der Waals surface area contributed by atoms with Crippen molar-refractivity contribution < 1.29 is 9.11 Å². The molecule has 1 aromatic heterocycles. The summed E-state index contributed by atoms with van der Waals surface area (Å²) in [5.41, 5.74) is 0.823. The second-order valence-electron chi connectivity index (χ2n) is 6.25. The molecule has 0 saturated carbocycles. The van der Waals surface area contributed by atoms with Gasteiger partial charge >= 0.3 is 0 Å². The summed E-state index contributed by atoms with van der Waals surface area (Å²) in [4.78, 5) is 4.40. The molecule has 0 aliphatic carbocycles. The van der Waals surface area contributed by atoms with Gasteiger partial charge in [-0.1, -0.05) is 33.9 Å². The monoisotopic (exact) mass is 291 g/mol. The quantitative estimate of drug-likeness (QED) is 0.840. The zero-order valence-corrected chi connectivity index (χ0v) is 14.1. The minimum atomic E-state index is -2.99. The first-order valence-corrected chi connectivity index (χ1v) is 10.4. The second kappa shape index (κ2) is 4.64. The zero-order valence-electron chi connectivity index (χ0n) is 12.3. The molecule has 0 aliphatic rings. The second-order valence-corrected chi connectivity index (χ2v) is 13.6. The highest BCUT2D eigenvalue weighted by Gasteiger charge is 2.42. The Bertz CT molecular complexity index is 424. The molecule has 0 aromatic carbocycles. The Hall–Kier alpha value is -0.343. The van der Waals surface area contributed by atoms with E-state index in [2.05, 4.69) is 38.8 Å². The van der Waals surface area contributed by atoms with Gasteiger partial charge in [-0.3, -0.25) is 9.11 Å². The van der Waals surface area contributed by atoms with E-state index >= 15 is 0 Å².